The second-order valence-corrected chi connectivity index (χ2v) is 5.29. The van der Waals surface area contributed by atoms with Gasteiger partial charge in [-0.25, -0.2) is 4.98 Å². The molecule has 1 N–H and O–H groups in total. The monoisotopic (exact) mass is 256 g/mol. The zero-order valence-electron chi connectivity index (χ0n) is 10.8. The number of carbonyl (C=O) groups excluding carboxylic acids is 1. The fourth-order valence-corrected chi connectivity index (χ4v) is 2.03. The zero-order chi connectivity index (χ0) is 12.8. The molecule has 17 heavy (non-hydrogen) atoms. The summed E-state index contributed by atoms with van der Waals surface area (Å²) in [5.74, 6) is 1.83. The van der Waals surface area contributed by atoms with Crippen molar-refractivity contribution in [3.63, 3.8) is 0 Å². The lowest BCUT2D eigenvalue weighted by molar-refractivity contribution is -0.119. The van der Waals surface area contributed by atoms with Crippen LogP contribution in [0.25, 0.3) is 0 Å². The molecule has 0 saturated heterocycles. The third-order valence-corrected chi connectivity index (χ3v) is 2.93. The summed E-state index contributed by atoms with van der Waals surface area (Å²) < 4.78 is 1.71. The third kappa shape index (κ3) is 4.38. The molecule has 0 aromatic carbocycles. The first-order chi connectivity index (χ1) is 8.04. The maximum Gasteiger partial charge on any atom is 0.230 e. The first-order valence-electron chi connectivity index (χ1n) is 5.66. The lowest BCUT2D eigenvalue weighted by Crippen LogP contribution is -2.32. The van der Waals surface area contributed by atoms with Crippen molar-refractivity contribution in [1.82, 2.24) is 20.1 Å². The van der Waals surface area contributed by atoms with E-state index in [-0.39, 0.29) is 11.9 Å². The van der Waals surface area contributed by atoms with Gasteiger partial charge < -0.3 is 5.32 Å². The molecule has 0 aliphatic rings. The second kappa shape index (κ2) is 6.64. The Kier molecular flexibility index (Phi) is 5.47. The van der Waals surface area contributed by atoms with Crippen molar-refractivity contribution in [1.29, 1.82) is 0 Å². The minimum atomic E-state index is -0.0536. The summed E-state index contributed by atoms with van der Waals surface area (Å²) in [4.78, 5) is 15.9. The predicted molar refractivity (Wildman–Crippen MR) is 69.7 cm³/mol. The minimum absolute atomic E-state index is 0.0474. The van der Waals surface area contributed by atoms with Crippen LogP contribution in [0.1, 0.15) is 32.1 Å². The van der Waals surface area contributed by atoms with Gasteiger partial charge in [-0.05, 0) is 18.6 Å². The van der Waals surface area contributed by atoms with Crippen molar-refractivity contribution in [3.05, 3.63) is 12.2 Å². The van der Waals surface area contributed by atoms with Gasteiger partial charge in [0.05, 0.1) is 11.8 Å². The van der Waals surface area contributed by atoms with Gasteiger partial charge in [-0.3, -0.25) is 9.48 Å². The fourth-order valence-electron chi connectivity index (χ4n) is 1.69. The molecule has 1 amide bonds. The van der Waals surface area contributed by atoms with Gasteiger partial charge in [-0.15, -0.1) is 0 Å². The molecule has 0 saturated carbocycles. The van der Waals surface area contributed by atoms with Gasteiger partial charge in [-0.2, -0.15) is 16.9 Å². The van der Waals surface area contributed by atoms with E-state index in [4.69, 9.17) is 0 Å². The molecule has 1 atom stereocenters. The van der Waals surface area contributed by atoms with E-state index in [0.29, 0.717) is 11.7 Å². The highest BCUT2D eigenvalue weighted by atomic mass is 32.2. The molecule has 1 heterocycles. The van der Waals surface area contributed by atoms with Crippen LogP contribution in [0.2, 0.25) is 0 Å². The Balaban J connectivity index is 2.74. The number of amides is 1. The van der Waals surface area contributed by atoms with Crippen LogP contribution in [0.15, 0.2) is 6.33 Å². The number of nitrogens with zero attached hydrogens (tertiary/aromatic N) is 3. The summed E-state index contributed by atoms with van der Waals surface area (Å²) in [6.07, 6.45) is 4.30. The minimum Gasteiger partial charge on any atom is -0.345 e. The van der Waals surface area contributed by atoms with Crippen molar-refractivity contribution < 1.29 is 4.79 Å². The standard InChI is InChI=1S/C11H20N4OS/c1-8(2)5-9(14-10(16)6-17-4)11-12-7-13-15(11)3/h7-9H,5-6H2,1-4H3,(H,14,16)/t9-/m0/s1. The summed E-state index contributed by atoms with van der Waals surface area (Å²) in [6, 6.07) is -0.0536. The Morgan fingerprint density at radius 2 is 2.29 bits per heavy atom. The molecule has 0 spiro atoms. The molecule has 1 aromatic heterocycles. The number of rotatable bonds is 6. The highest BCUT2D eigenvalue weighted by Gasteiger charge is 2.19. The van der Waals surface area contributed by atoms with Crippen LogP contribution in [0.5, 0.6) is 0 Å². The van der Waals surface area contributed by atoms with Gasteiger partial charge in [-0.1, -0.05) is 13.8 Å². The van der Waals surface area contributed by atoms with Gasteiger partial charge in [0.15, 0.2) is 0 Å². The number of hydrogen-bond acceptors (Lipinski definition) is 4. The Bertz CT molecular complexity index is 364. The second-order valence-electron chi connectivity index (χ2n) is 4.42. The van der Waals surface area contributed by atoms with E-state index in [0.717, 1.165) is 12.2 Å². The zero-order valence-corrected chi connectivity index (χ0v) is 11.6. The number of nitrogens with one attached hydrogen (secondary N) is 1. The fraction of sp³-hybridized carbons (Fsp3) is 0.727. The molecular weight excluding hydrogens is 236 g/mol. The van der Waals surface area contributed by atoms with E-state index in [1.807, 2.05) is 13.3 Å². The van der Waals surface area contributed by atoms with Crippen molar-refractivity contribution >= 4 is 17.7 Å². The molecule has 0 aliphatic heterocycles. The van der Waals surface area contributed by atoms with E-state index in [2.05, 4.69) is 29.2 Å². The molecule has 1 rings (SSSR count). The average molecular weight is 256 g/mol. The first-order valence-corrected chi connectivity index (χ1v) is 7.06. The molecule has 0 aliphatic carbocycles. The lowest BCUT2D eigenvalue weighted by atomic mass is 10.0. The molecule has 1 aromatic rings. The van der Waals surface area contributed by atoms with Gasteiger partial charge in [0.1, 0.15) is 12.2 Å². The Morgan fingerprint density at radius 3 is 2.76 bits per heavy atom. The number of aromatic nitrogens is 3. The average Bonchev–Trinajstić information content (AvgIpc) is 2.63. The van der Waals surface area contributed by atoms with Gasteiger partial charge in [0.25, 0.3) is 0 Å². The van der Waals surface area contributed by atoms with Crippen molar-refractivity contribution in [2.45, 2.75) is 26.3 Å². The molecular formula is C11H20N4OS. The van der Waals surface area contributed by atoms with Crippen LogP contribution in [0.3, 0.4) is 0 Å². The van der Waals surface area contributed by atoms with E-state index in [9.17, 15) is 4.79 Å². The van der Waals surface area contributed by atoms with Crippen molar-refractivity contribution in [2.24, 2.45) is 13.0 Å². The van der Waals surface area contributed by atoms with Crippen LogP contribution >= 0.6 is 11.8 Å². The molecule has 6 heteroatoms. The van der Waals surface area contributed by atoms with E-state index in [1.165, 1.54) is 18.1 Å². The van der Waals surface area contributed by atoms with E-state index >= 15 is 0 Å². The predicted octanol–water partition coefficient (Wildman–Crippen LogP) is 1.38. The number of thioether (sulfide) groups is 1. The Morgan fingerprint density at radius 1 is 1.59 bits per heavy atom. The highest BCUT2D eigenvalue weighted by molar-refractivity contribution is 7.99. The summed E-state index contributed by atoms with van der Waals surface area (Å²) >= 11 is 1.52. The van der Waals surface area contributed by atoms with Crippen LogP contribution in [0.4, 0.5) is 0 Å². The molecule has 0 unspecified atom stereocenters. The summed E-state index contributed by atoms with van der Waals surface area (Å²) in [5, 5.41) is 7.06. The number of hydrogen-bond donors (Lipinski definition) is 1. The van der Waals surface area contributed by atoms with E-state index < -0.39 is 0 Å². The summed E-state index contributed by atoms with van der Waals surface area (Å²) in [6.45, 7) is 4.26. The molecule has 5 nitrogen and oxygen atoms in total. The number of carbonyl (C=O) groups is 1. The van der Waals surface area contributed by atoms with Crippen LogP contribution in [0, 0.1) is 5.92 Å². The lowest BCUT2D eigenvalue weighted by Gasteiger charge is -2.19. The maximum absolute atomic E-state index is 11.7. The van der Waals surface area contributed by atoms with Gasteiger partial charge in [0.2, 0.25) is 5.91 Å². The smallest absolute Gasteiger partial charge is 0.230 e. The normalized spacial score (nSPS) is 12.8. The molecule has 0 fully saturated rings. The van der Waals surface area contributed by atoms with Crippen LogP contribution in [-0.4, -0.2) is 32.7 Å². The SMILES string of the molecule is CSCC(=O)N[C@@H](CC(C)C)c1ncnn1C. The van der Waals surface area contributed by atoms with Gasteiger partial charge in [0, 0.05) is 7.05 Å². The molecule has 0 bridgehead atoms. The molecule has 96 valence electrons. The van der Waals surface area contributed by atoms with Crippen molar-refractivity contribution in [3.8, 4) is 0 Å². The summed E-state index contributed by atoms with van der Waals surface area (Å²) in [7, 11) is 1.84. The van der Waals surface area contributed by atoms with Crippen molar-refractivity contribution in [2.75, 3.05) is 12.0 Å². The largest absolute Gasteiger partial charge is 0.345 e. The Hall–Kier alpha value is -1.04. The Labute approximate surface area is 106 Å². The topological polar surface area (TPSA) is 59.8 Å². The number of aryl methyl sites for hydroxylation is 1. The summed E-state index contributed by atoms with van der Waals surface area (Å²) in [5.41, 5.74) is 0. The third-order valence-electron chi connectivity index (χ3n) is 2.38. The van der Waals surface area contributed by atoms with Gasteiger partial charge >= 0.3 is 0 Å². The van der Waals surface area contributed by atoms with Crippen LogP contribution < -0.4 is 5.32 Å². The quantitative estimate of drug-likeness (QED) is 0.835. The van der Waals surface area contributed by atoms with Crippen LogP contribution in [-0.2, 0) is 11.8 Å². The first kappa shape index (κ1) is 14.0. The van der Waals surface area contributed by atoms with E-state index in [1.54, 1.807) is 4.68 Å². The highest BCUT2D eigenvalue weighted by Crippen LogP contribution is 2.18. The maximum atomic E-state index is 11.7. The molecule has 0 radical (unpaired) electrons.